The minimum Gasteiger partial charge on any atom is -0.342 e. The zero-order valence-corrected chi connectivity index (χ0v) is 13.8. The van der Waals surface area contributed by atoms with Gasteiger partial charge in [0.1, 0.15) is 5.69 Å². The zero-order chi connectivity index (χ0) is 15.2. The number of carbonyl (C=O) groups excluding carboxylic acids is 1. The van der Waals surface area contributed by atoms with E-state index in [1.54, 1.807) is 6.07 Å². The standard InChI is InChI=1S/C16H26ClN3O/c1-3-8-19-11-13(17)10-15(19)16(21)20(9-4-2)12-14-6-5-7-18-14/h10-11,14,18H,3-9,12H2,1-2H3. The van der Waals surface area contributed by atoms with Crippen molar-refractivity contribution in [2.75, 3.05) is 19.6 Å². The molecule has 0 aliphatic carbocycles. The Kier molecular flexibility index (Phi) is 6.12. The van der Waals surface area contributed by atoms with E-state index in [9.17, 15) is 4.79 Å². The van der Waals surface area contributed by atoms with Crippen LogP contribution in [-0.2, 0) is 6.54 Å². The van der Waals surface area contributed by atoms with Gasteiger partial charge < -0.3 is 14.8 Å². The van der Waals surface area contributed by atoms with E-state index in [0.29, 0.717) is 16.8 Å². The highest BCUT2D eigenvalue weighted by atomic mass is 35.5. The molecule has 0 bridgehead atoms. The maximum Gasteiger partial charge on any atom is 0.270 e. The molecule has 118 valence electrons. The summed E-state index contributed by atoms with van der Waals surface area (Å²) < 4.78 is 1.98. The quantitative estimate of drug-likeness (QED) is 0.840. The number of nitrogens with one attached hydrogen (secondary N) is 1. The summed E-state index contributed by atoms with van der Waals surface area (Å²) in [6.07, 6.45) is 6.18. The molecule has 1 N–H and O–H groups in total. The Morgan fingerprint density at radius 3 is 2.90 bits per heavy atom. The molecule has 1 aromatic rings. The van der Waals surface area contributed by atoms with Gasteiger partial charge in [0.15, 0.2) is 0 Å². The van der Waals surface area contributed by atoms with Crippen LogP contribution in [0.3, 0.4) is 0 Å². The number of aryl methyl sites for hydroxylation is 1. The molecule has 0 saturated carbocycles. The van der Waals surface area contributed by atoms with Crippen molar-refractivity contribution in [1.82, 2.24) is 14.8 Å². The van der Waals surface area contributed by atoms with E-state index in [1.807, 2.05) is 15.7 Å². The van der Waals surface area contributed by atoms with Gasteiger partial charge in [-0.3, -0.25) is 4.79 Å². The van der Waals surface area contributed by atoms with Gasteiger partial charge in [-0.1, -0.05) is 25.4 Å². The smallest absolute Gasteiger partial charge is 0.270 e. The van der Waals surface area contributed by atoms with Crippen molar-refractivity contribution in [3.8, 4) is 0 Å². The van der Waals surface area contributed by atoms with E-state index >= 15 is 0 Å². The van der Waals surface area contributed by atoms with Gasteiger partial charge in [-0.05, 0) is 38.3 Å². The summed E-state index contributed by atoms with van der Waals surface area (Å²) in [5.74, 6) is 0.103. The molecule has 1 fully saturated rings. The molecule has 2 rings (SSSR count). The van der Waals surface area contributed by atoms with Crippen molar-refractivity contribution in [3.05, 3.63) is 23.0 Å². The van der Waals surface area contributed by atoms with Crippen molar-refractivity contribution in [1.29, 1.82) is 0 Å². The third-order valence-corrected chi connectivity index (χ3v) is 4.14. The molecule has 5 heteroatoms. The van der Waals surface area contributed by atoms with Gasteiger partial charge in [0, 0.05) is 31.9 Å². The number of rotatable bonds is 7. The molecule has 1 unspecified atom stereocenters. The fraction of sp³-hybridized carbons (Fsp3) is 0.688. The summed E-state index contributed by atoms with van der Waals surface area (Å²) in [5.41, 5.74) is 0.716. The summed E-state index contributed by atoms with van der Waals surface area (Å²) in [5, 5.41) is 4.11. The van der Waals surface area contributed by atoms with Crippen molar-refractivity contribution in [2.24, 2.45) is 0 Å². The lowest BCUT2D eigenvalue weighted by atomic mass is 10.2. The van der Waals surface area contributed by atoms with Crippen molar-refractivity contribution < 1.29 is 4.79 Å². The molecule has 1 saturated heterocycles. The molecule has 0 aromatic carbocycles. The Labute approximate surface area is 132 Å². The van der Waals surface area contributed by atoms with Crippen LogP contribution >= 0.6 is 11.6 Å². The minimum absolute atomic E-state index is 0.103. The molecule has 1 aromatic heterocycles. The average molecular weight is 312 g/mol. The fourth-order valence-corrected chi connectivity index (χ4v) is 3.19. The first-order valence-electron chi connectivity index (χ1n) is 8.04. The number of nitrogens with zero attached hydrogens (tertiary/aromatic N) is 2. The molecular weight excluding hydrogens is 286 g/mol. The Morgan fingerprint density at radius 2 is 2.29 bits per heavy atom. The summed E-state index contributed by atoms with van der Waals surface area (Å²) in [6.45, 7) is 7.70. The van der Waals surface area contributed by atoms with E-state index in [4.69, 9.17) is 11.6 Å². The molecule has 1 atom stereocenters. The molecular formula is C16H26ClN3O. The van der Waals surface area contributed by atoms with Gasteiger partial charge in [-0.2, -0.15) is 0 Å². The average Bonchev–Trinajstić information content (AvgIpc) is 3.08. The lowest BCUT2D eigenvalue weighted by Gasteiger charge is -2.26. The van der Waals surface area contributed by atoms with Crippen LogP contribution < -0.4 is 5.32 Å². The van der Waals surface area contributed by atoms with Crippen LogP contribution in [0.25, 0.3) is 0 Å². The first-order valence-corrected chi connectivity index (χ1v) is 8.41. The van der Waals surface area contributed by atoms with Crippen LogP contribution in [0.15, 0.2) is 12.3 Å². The minimum atomic E-state index is 0.103. The molecule has 2 heterocycles. The van der Waals surface area contributed by atoms with Gasteiger partial charge in [0.2, 0.25) is 0 Å². The second-order valence-electron chi connectivity index (χ2n) is 5.78. The Morgan fingerprint density at radius 1 is 1.48 bits per heavy atom. The predicted molar refractivity (Wildman–Crippen MR) is 87.0 cm³/mol. The zero-order valence-electron chi connectivity index (χ0n) is 13.1. The first-order chi connectivity index (χ1) is 10.2. The molecule has 1 aliphatic heterocycles. The third-order valence-electron chi connectivity index (χ3n) is 3.93. The molecule has 1 amide bonds. The predicted octanol–water partition coefficient (Wildman–Crippen LogP) is 3.16. The first kappa shape index (κ1) is 16.4. The van der Waals surface area contributed by atoms with E-state index in [0.717, 1.165) is 45.4 Å². The highest BCUT2D eigenvalue weighted by molar-refractivity contribution is 6.31. The molecule has 21 heavy (non-hydrogen) atoms. The third kappa shape index (κ3) is 4.24. The number of halogens is 1. The van der Waals surface area contributed by atoms with Gasteiger partial charge in [0.25, 0.3) is 5.91 Å². The topological polar surface area (TPSA) is 37.3 Å². The van der Waals surface area contributed by atoms with E-state index in [-0.39, 0.29) is 5.91 Å². The summed E-state index contributed by atoms with van der Waals surface area (Å²) >= 11 is 6.09. The van der Waals surface area contributed by atoms with Crippen molar-refractivity contribution >= 4 is 17.5 Å². The Bertz CT molecular complexity index is 466. The number of carbonyl (C=O) groups is 1. The van der Waals surface area contributed by atoms with E-state index in [2.05, 4.69) is 19.2 Å². The molecule has 0 radical (unpaired) electrons. The molecule has 0 spiro atoms. The summed E-state index contributed by atoms with van der Waals surface area (Å²) in [6, 6.07) is 2.23. The maximum atomic E-state index is 12.9. The lowest BCUT2D eigenvalue weighted by molar-refractivity contribution is 0.0731. The van der Waals surface area contributed by atoms with Crippen molar-refractivity contribution in [3.63, 3.8) is 0 Å². The Hall–Kier alpha value is -1.00. The van der Waals surface area contributed by atoms with Crippen LogP contribution in [0.1, 0.15) is 50.0 Å². The second-order valence-corrected chi connectivity index (χ2v) is 6.22. The molecule has 4 nitrogen and oxygen atoms in total. The number of aromatic nitrogens is 1. The van der Waals surface area contributed by atoms with Crippen LogP contribution in [0, 0.1) is 0 Å². The van der Waals surface area contributed by atoms with E-state index in [1.165, 1.54) is 6.42 Å². The SMILES string of the molecule is CCCN(CC1CCCN1)C(=O)c1cc(Cl)cn1CCC. The number of hydrogen-bond donors (Lipinski definition) is 1. The normalized spacial score (nSPS) is 18.1. The summed E-state index contributed by atoms with van der Waals surface area (Å²) in [7, 11) is 0. The van der Waals surface area contributed by atoms with Crippen LogP contribution in [-0.4, -0.2) is 41.1 Å². The second kappa shape index (κ2) is 7.85. The largest absolute Gasteiger partial charge is 0.342 e. The van der Waals surface area contributed by atoms with Crippen molar-refractivity contribution in [2.45, 2.75) is 52.1 Å². The number of amides is 1. The van der Waals surface area contributed by atoms with Gasteiger partial charge in [-0.25, -0.2) is 0 Å². The van der Waals surface area contributed by atoms with Crippen LogP contribution in [0.5, 0.6) is 0 Å². The van der Waals surface area contributed by atoms with Crippen LogP contribution in [0.2, 0.25) is 5.02 Å². The van der Waals surface area contributed by atoms with E-state index < -0.39 is 0 Å². The van der Waals surface area contributed by atoms with Gasteiger partial charge in [0.05, 0.1) is 5.02 Å². The highest BCUT2D eigenvalue weighted by Gasteiger charge is 2.24. The maximum absolute atomic E-state index is 12.9. The number of hydrogen-bond acceptors (Lipinski definition) is 2. The monoisotopic (exact) mass is 311 g/mol. The van der Waals surface area contributed by atoms with Crippen LogP contribution in [0.4, 0.5) is 0 Å². The molecule has 1 aliphatic rings. The highest BCUT2D eigenvalue weighted by Crippen LogP contribution is 2.18. The lowest BCUT2D eigenvalue weighted by Crippen LogP contribution is -2.42. The van der Waals surface area contributed by atoms with Gasteiger partial charge in [-0.15, -0.1) is 0 Å². The van der Waals surface area contributed by atoms with Gasteiger partial charge >= 0.3 is 0 Å². The fourth-order valence-electron chi connectivity index (χ4n) is 2.97. The summed E-state index contributed by atoms with van der Waals surface area (Å²) in [4.78, 5) is 14.8. The Balaban J connectivity index is 2.12.